The molecule has 1 fully saturated rings. The van der Waals surface area contributed by atoms with E-state index in [0.717, 1.165) is 6.33 Å². The van der Waals surface area contributed by atoms with Crippen molar-refractivity contribution >= 4 is 39.9 Å². The van der Waals surface area contributed by atoms with Crippen molar-refractivity contribution in [3.63, 3.8) is 0 Å². The van der Waals surface area contributed by atoms with Crippen LogP contribution in [0.4, 0.5) is 23.4 Å². The highest BCUT2D eigenvalue weighted by molar-refractivity contribution is 6.31. The van der Waals surface area contributed by atoms with Gasteiger partial charge in [0, 0.05) is 32.3 Å². The van der Waals surface area contributed by atoms with E-state index < -0.39 is 35.0 Å². The summed E-state index contributed by atoms with van der Waals surface area (Å²) in [6, 6.07) is -0.851. The van der Waals surface area contributed by atoms with Crippen LogP contribution in [-0.4, -0.2) is 57.6 Å². The molecule has 0 saturated carbocycles. The van der Waals surface area contributed by atoms with Gasteiger partial charge in [-0.15, -0.1) is 0 Å². The second kappa shape index (κ2) is 8.71. The number of carbonyl (C=O) groups excluding carboxylic acids is 1. The van der Waals surface area contributed by atoms with E-state index in [0.29, 0.717) is 12.1 Å². The topological polar surface area (TPSA) is 97.4 Å². The molecule has 2 aliphatic rings. The molecule has 2 N–H and O–H groups in total. The number of aromatic nitrogens is 3. The molecule has 8 nitrogen and oxygen atoms in total. The Morgan fingerprint density at radius 3 is 2.56 bits per heavy atom. The maximum atomic E-state index is 14.6. The number of hydrogen-bond donors (Lipinski definition) is 1. The third kappa shape index (κ3) is 4.00. The predicted molar refractivity (Wildman–Crippen MR) is 118 cm³/mol. The molecule has 1 unspecified atom stereocenters. The standard InChI is InChI=1S/C21H17ClF4N6O2/c1-2-15(33)30-5-7-31(8-6-30)19-11-9-14(21(24,25)26)32(20(34)17(11)28-10-29-19)18-13(23)4-3-12(22)16(18)27/h2,4,9-10,16H,1,5-8,27H2. The molecule has 1 atom stereocenters. The summed E-state index contributed by atoms with van der Waals surface area (Å²) in [4.78, 5) is 36.2. The zero-order valence-corrected chi connectivity index (χ0v) is 18.2. The summed E-state index contributed by atoms with van der Waals surface area (Å²) in [6.45, 7) is 4.51. The van der Waals surface area contributed by atoms with Gasteiger partial charge in [0.2, 0.25) is 5.91 Å². The molecule has 1 aliphatic carbocycles. The number of piperazine rings is 1. The summed E-state index contributed by atoms with van der Waals surface area (Å²) in [5.41, 5.74) is 4.30. The summed E-state index contributed by atoms with van der Waals surface area (Å²) in [6.07, 6.45) is -2.13. The van der Waals surface area contributed by atoms with Crippen LogP contribution >= 0.6 is 11.6 Å². The van der Waals surface area contributed by atoms with Gasteiger partial charge in [0.05, 0.1) is 22.2 Å². The van der Waals surface area contributed by atoms with Crippen molar-refractivity contribution in [2.45, 2.75) is 12.2 Å². The molecule has 178 valence electrons. The molecule has 4 rings (SSSR count). The Hall–Kier alpha value is -3.47. The van der Waals surface area contributed by atoms with E-state index in [1.54, 1.807) is 4.90 Å². The number of allylic oxidation sites excluding steroid dienone is 1. The lowest BCUT2D eigenvalue weighted by atomic mass is 10.1. The fourth-order valence-corrected chi connectivity index (χ4v) is 4.04. The number of fused-ring (bicyclic) bond motifs is 1. The Morgan fingerprint density at radius 1 is 1.26 bits per heavy atom. The summed E-state index contributed by atoms with van der Waals surface area (Å²) < 4.78 is 57.1. The monoisotopic (exact) mass is 496 g/mol. The molecular formula is C21H17ClF4N6O2. The number of halogens is 5. The van der Waals surface area contributed by atoms with Crippen LogP contribution in [0.15, 0.2) is 52.5 Å². The molecule has 13 heteroatoms. The van der Waals surface area contributed by atoms with E-state index in [9.17, 15) is 27.2 Å². The van der Waals surface area contributed by atoms with Crippen molar-refractivity contribution in [3.8, 4) is 0 Å². The Labute approximate surface area is 194 Å². The number of pyridine rings is 1. The number of anilines is 1. The van der Waals surface area contributed by atoms with Gasteiger partial charge in [-0.25, -0.2) is 14.4 Å². The first kappa shape index (κ1) is 23.7. The molecule has 2 aromatic heterocycles. The molecule has 0 radical (unpaired) electrons. The lowest BCUT2D eigenvalue weighted by Gasteiger charge is -2.35. The van der Waals surface area contributed by atoms with Crippen LogP contribution in [0.3, 0.4) is 0 Å². The number of carbonyl (C=O) groups is 1. The maximum absolute atomic E-state index is 14.6. The smallest absolute Gasteiger partial charge is 0.352 e. The van der Waals surface area contributed by atoms with Gasteiger partial charge in [-0.2, -0.15) is 13.2 Å². The van der Waals surface area contributed by atoms with Gasteiger partial charge in [0.25, 0.3) is 5.56 Å². The quantitative estimate of drug-likeness (QED) is 0.398. The predicted octanol–water partition coefficient (Wildman–Crippen LogP) is 2.40. The van der Waals surface area contributed by atoms with Crippen molar-refractivity contribution in [1.29, 1.82) is 0 Å². The van der Waals surface area contributed by atoms with Crippen LogP contribution in [0, 0.1) is 0 Å². The highest BCUT2D eigenvalue weighted by Gasteiger charge is 2.39. The number of nitrogens with zero attached hydrogens (tertiary/aromatic N) is 5. The summed E-state index contributed by atoms with van der Waals surface area (Å²) in [5, 5.41) is -0.422. The Balaban J connectivity index is 1.90. The Morgan fingerprint density at radius 2 is 1.94 bits per heavy atom. The minimum absolute atomic E-state index is 0.0886. The van der Waals surface area contributed by atoms with Crippen LogP contribution in [0.2, 0.25) is 0 Å². The number of rotatable bonds is 3. The minimum Gasteiger partial charge on any atom is -0.352 e. The van der Waals surface area contributed by atoms with Gasteiger partial charge in [0.15, 0.2) is 5.83 Å². The average Bonchev–Trinajstić information content (AvgIpc) is 2.81. The fourth-order valence-electron chi connectivity index (χ4n) is 3.88. The van der Waals surface area contributed by atoms with Crippen molar-refractivity contribution < 1.29 is 22.4 Å². The summed E-state index contributed by atoms with van der Waals surface area (Å²) >= 11 is 5.87. The van der Waals surface area contributed by atoms with Crippen molar-refractivity contribution in [2.24, 2.45) is 5.73 Å². The first-order valence-corrected chi connectivity index (χ1v) is 10.3. The number of hydrogen-bond acceptors (Lipinski definition) is 6. The highest BCUT2D eigenvalue weighted by atomic mass is 35.5. The Kier molecular flexibility index (Phi) is 6.07. The van der Waals surface area contributed by atoms with Crippen LogP contribution < -0.4 is 16.2 Å². The molecule has 34 heavy (non-hydrogen) atoms. The molecule has 0 aromatic carbocycles. The molecule has 3 heterocycles. The van der Waals surface area contributed by atoms with E-state index in [1.807, 2.05) is 0 Å². The van der Waals surface area contributed by atoms with E-state index >= 15 is 0 Å². The maximum Gasteiger partial charge on any atom is 0.431 e. The lowest BCUT2D eigenvalue weighted by Crippen LogP contribution is -2.48. The van der Waals surface area contributed by atoms with E-state index in [-0.39, 0.29) is 58.4 Å². The number of alkyl halides is 3. The first-order valence-electron chi connectivity index (χ1n) is 9.96. The van der Waals surface area contributed by atoms with Crippen LogP contribution in [0.25, 0.3) is 16.6 Å². The molecule has 1 saturated heterocycles. The zero-order valence-electron chi connectivity index (χ0n) is 17.4. The third-order valence-corrected chi connectivity index (χ3v) is 5.88. The minimum atomic E-state index is -5.06. The second-order valence-electron chi connectivity index (χ2n) is 7.49. The van der Waals surface area contributed by atoms with Crippen LogP contribution in [-0.2, 0) is 11.0 Å². The Bertz CT molecular complexity index is 1350. The van der Waals surface area contributed by atoms with Gasteiger partial charge in [-0.1, -0.05) is 23.9 Å². The molecule has 0 bridgehead atoms. The first-order chi connectivity index (χ1) is 16.0. The number of amides is 1. The molecule has 1 amide bonds. The summed E-state index contributed by atoms with van der Waals surface area (Å²) in [7, 11) is 0. The van der Waals surface area contributed by atoms with Gasteiger partial charge in [0.1, 0.15) is 23.4 Å². The normalized spacial score (nSPS) is 19.0. The molecule has 1 aliphatic heterocycles. The molecular weight excluding hydrogens is 480 g/mol. The van der Waals surface area contributed by atoms with Crippen molar-refractivity contribution in [1.82, 2.24) is 19.4 Å². The van der Waals surface area contributed by atoms with Crippen LogP contribution in [0.5, 0.6) is 0 Å². The van der Waals surface area contributed by atoms with Gasteiger partial charge < -0.3 is 15.5 Å². The van der Waals surface area contributed by atoms with Crippen LogP contribution in [0.1, 0.15) is 5.69 Å². The average molecular weight is 497 g/mol. The largest absolute Gasteiger partial charge is 0.431 e. The second-order valence-corrected chi connectivity index (χ2v) is 7.90. The van der Waals surface area contributed by atoms with E-state index in [1.165, 1.54) is 11.0 Å². The van der Waals surface area contributed by atoms with Gasteiger partial charge in [-0.05, 0) is 12.1 Å². The van der Waals surface area contributed by atoms with E-state index in [2.05, 4.69) is 22.3 Å². The van der Waals surface area contributed by atoms with Gasteiger partial charge >= 0.3 is 6.18 Å². The molecule has 2 aromatic rings. The fraction of sp³-hybridized carbons (Fsp3) is 0.286. The zero-order chi connectivity index (χ0) is 24.8. The van der Waals surface area contributed by atoms with Crippen molar-refractivity contribution in [2.75, 3.05) is 31.1 Å². The number of nitrogens with two attached hydrogens (primary N) is 1. The third-order valence-electron chi connectivity index (χ3n) is 5.54. The van der Waals surface area contributed by atoms with Gasteiger partial charge in [-0.3, -0.25) is 14.2 Å². The highest BCUT2D eigenvalue weighted by Crippen LogP contribution is 2.36. The van der Waals surface area contributed by atoms with E-state index in [4.69, 9.17) is 17.3 Å². The van der Waals surface area contributed by atoms with Crippen molar-refractivity contribution in [3.05, 3.63) is 63.8 Å². The molecule has 0 spiro atoms. The summed E-state index contributed by atoms with van der Waals surface area (Å²) in [5.74, 6) is -1.36. The lowest BCUT2D eigenvalue weighted by molar-refractivity contribution is -0.142. The SMILES string of the molecule is C=CC(=O)N1CCN(c2ncnc3c(=O)n(C4=C(F)C=C=C(Cl)C4N)c(C(F)(F)F)cc23)CC1.